The summed E-state index contributed by atoms with van der Waals surface area (Å²) in [6.45, 7) is 11.1. The van der Waals surface area contributed by atoms with Gasteiger partial charge < -0.3 is 0 Å². The highest BCUT2D eigenvalue weighted by atomic mass is 14.1. The third kappa shape index (κ3) is 9.00. The molecule has 0 saturated heterocycles. The zero-order valence-electron chi connectivity index (χ0n) is 11.9. The monoisotopic (exact) mass is 224 g/mol. The highest BCUT2D eigenvalue weighted by Gasteiger charge is 2.05. The Hall–Kier alpha value is -0.260. The number of hydrogen-bond donors (Lipinski definition) is 0. The van der Waals surface area contributed by atoms with Crippen LogP contribution >= 0.6 is 0 Å². The lowest BCUT2D eigenvalue weighted by atomic mass is 9.92. The van der Waals surface area contributed by atoms with E-state index in [1.54, 1.807) is 0 Å². The Bertz CT molecular complexity index is 157. The summed E-state index contributed by atoms with van der Waals surface area (Å²) in [5.74, 6) is 0.748. The zero-order valence-corrected chi connectivity index (χ0v) is 11.9. The molecule has 0 saturated carbocycles. The molecule has 0 aliphatic rings. The van der Waals surface area contributed by atoms with E-state index in [2.05, 4.69) is 27.4 Å². The topological polar surface area (TPSA) is 0 Å². The first-order chi connectivity index (χ1) is 7.72. The fraction of sp³-hybridized carbons (Fsp3) is 0.875. The SMILES string of the molecule is C=C(CCCCCCC)C(C)CCCCC. The molecule has 1 atom stereocenters. The van der Waals surface area contributed by atoms with Crippen molar-refractivity contribution in [2.45, 2.75) is 85.0 Å². The molecule has 0 radical (unpaired) electrons. The minimum Gasteiger partial charge on any atom is -0.0996 e. The van der Waals surface area contributed by atoms with Crippen molar-refractivity contribution in [2.24, 2.45) is 5.92 Å². The smallest absolute Gasteiger partial charge is 0.0234 e. The van der Waals surface area contributed by atoms with Crippen LogP contribution in [-0.2, 0) is 0 Å². The molecule has 0 heterocycles. The summed E-state index contributed by atoms with van der Waals surface area (Å²) in [4.78, 5) is 0. The van der Waals surface area contributed by atoms with Gasteiger partial charge in [0.2, 0.25) is 0 Å². The Labute approximate surface area is 104 Å². The van der Waals surface area contributed by atoms with Gasteiger partial charge in [-0.25, -0.2) is 0 Å². The Kier molecular flexibility index (Phi) is 11.0. The average molecular weight is 224 g/mol. The van der Waals surface area contributed by atoms with Crippen molar-refractivity contribution in [1.29, 1.82) is 0 Å². The van der Waals surface area contributed by atoms with Crippen molar-refractivity contribution in [2.75, 3.05) is 0 Å². The third-order valence-electron chi connectivity index (χ3n) is 3.54. The van der Waals surface area contributed by atoms with E-state index in [0.29, 0.717) is 0 Å². The van der Waals surface area contributed by atoms with Crippen LogP contribution in [0.5, 0.6) is 0 Å². The largest absolute Gasteiger partial charge is 0.0996 e. The number of rotatable bonds is 11. The molecule has 16 heavy (non-hydrogen) atoms. The van der Waals surface area contributed by atoms with Crippen molar-refractivity contribution in [3.63, 3.8) is 0 Å². The van der Waals surface area contributed by atoms with Crippen LogP contribution < -0.4 is 0 Å². The standard InChI is InChI=1S/C16H32/c1-5-7-9-10-12-14-16(4)15(3)13-11-8-6-2/h15H,4-14H2,1-3H3. The molecule has 0 fully saturated rings. The van der Waals surface area contributed by atoms with Gasteiger partial charge in [-0.3, -0.25) is 0 Å². The summed E-state index contributed by atoms with van der Waals surface area (Å²) >= 11 is 0. The Morgan fingerprint density at radius 3 is 2.06 bits per heavy atom. The van der Waals surface area contributed by atoms with Crippen molar-refractivity contribution < 1.29 is 0 Å². The van der Waals surface area contributed by atoms with Gasteiger partial charge in [0, 0.05) is 0 Å². The fourth-order valence-electron chi connectivity index (χ4n) is 2.11. The van der Waals surface area contributed by atoms with Gasteiger partial charge in [0.05, 0.1) is 0 Å². The highest BCUT2D eigenvalue weighted by Crippen LogP contribution is 2.21. The molecule has 0 aliphatic carbocycles. The predicted molar refractivity (Wildman–Crippen MR) is 75.8 cm³/mol. The summed E-state index contributed by atoms with van der Waals surface area (Å²) in [6.07, 6.45) is 13.6. The zero-order chi connectivity index (χ0) is 12.2. The molecule has 0 spiro atoms. The maximum Gasteiger partial charge on any atom is -0.0234 e. The highest BCUT2D eigenvalue weighted by molar-refractivity contribution is 4.98. The van der Waals surface area contributed by atoms with Gasteiger partial charge in [-0.05, 0) is 25.2 Å². The van der Waals surface area contributed by atoms with Gasteiger partial charge in [0.25, 0.3) is 0 Å². The second-order valence-electron chi connectivity index (χ2n) is 5.22. The number of unbranched alkanes of at least 4 members (excludes halogenated alkanes) is 6. The number of allylic oxidation sites excluding steroid dienone is 1. The van der Waals surface area contributed by atoms with Crippen molar-refractivity contribution in [3.8, 4) is 0 Å². The van der Waals surface area contributed by atoms with Crippen LogP contribution in [0, 0.1) is 5.92 Å². The van der Waals surface area contributed by atoms with Crippen LogP contribution in [-0.4, -0.2) is 0 Å². The van der Waals surface area contributed by atoms with E-state index in [4.69, 9.17) is 0 Å². The van der Waals surface area contributed by atoms with E-state index < -0.39 is 0 Å². The molecular weight excluding hydrogens is 192 g/mol. The van der Waals surface area contributed by atoms with Crippen LogP contribution in [0.25, 0.3) is 0 Å². The van der Waals surface area contributed by atoms with E-state index in [1.807, 2.05) is 0 Å². The lowest BCUT2D eigenvalue weighted by Crippen LogP contribution is -1.98. The van der Waals surface area contributed by atoms with Gasteiger partial charge in [0.1, 0.15) is 0 Å². The third-order valence-corrected chi connectivity index (χ3v) is 3.54. The van der Waals surface area contributed by atoms with E-state index in [9.17, 15) is 0 Å². The van der Waals surface area contributed by atoms with E-state index in [1.165, 1.54) is 69.8 Å². The minimum atomic E-state index is 0.748. The maximum absolute atomic E-state index is 4.25. The van der Waals surface area contributed by atoms with E-state index in [-0.39, 0.29) is 0 Å². The molecule has 0 heteroatoms. The molecule has 0 N–H and O–H groups in total. The first-order valence-electron chi connectivity index (χ1n) is 7.40. The normalized spacial score (nSPS) is 12.7. The molecule has 0 nitrogen and oxygen atoms in total. The van der Waals surface area contributed by atoms with Crippen LogP contribution in [0.1, 0.15) is 85.0 Å². The van der Waals surface area contributed by atoms with Crippen molar-refractivity contribution in [1.82, 2.24) is 0 Å². The van der Waals surface area contributed by atoms with Crippen molar-refractivity contribution in [3.05, 3.63) is 12.2 Å². The van der Waals surface area contributed by atoms with Gasteiger partial charge in [-0.1, -0.05) is 77.9 Å². The quantitative estimate of drug-likeness (QED) is 0.293. The molecule has 0 aromatic heterocycles. The van der Waals surface area contributed by atoms with Gasteiger partial charge in [-0.2, -0.15) is 0 Å². The fourth-order valence-corrected chi connectivity index (χ4v) is 2.11. The summed E-state index contributed by atoms with van der Waals surface area (Å²) in [5.41, 5.74) is 1.49. The van der Waals surface area contributed by atoms with Gasteiger partial charge in [-0.15, -0.1) is 0 Å². The summed E-state index contributed by atoms with van der Waals surface area (Å²) in [6, 6.07) is 0. The summed E-state index contributed by atoms with van der Waals surface area (Å²) < 4.78 is 0. The molecular formula is C16H32. The molecule has 1 unspecified atom stereocenters. The number of hydrogen-bond acceptors (Lipinski definition) is 0. The Morgan fingerprint density at radius 2 is 1.44 bits per heavy atom. The van der Waals surface area contributed by atoms with Gasteiger partial charge in [0.15, 0.2) is 0 Å². The lowest BCUT2D eigenvalue weighted by molar-refractivity contribution is 0.527. The molecule has 0 rings (SSSR count). The van der Waals surface area contributed by atoms with Crippen LogP contribution in [0.2, 0.25) is 0 Å². The molecule has 0 aromatic rings. The second kappa shape index (κ2) is 11.2. The first kappa shape index (κ1) is 15.7. The van der Waals surface area contributed by atoms with Crippen molar-refractivity contribution >= 4 is 0 Å². The second-order valence-corrected chi connectivity index (χ2v) is 5.22. The van der Waals surface area contributed by atoms with Crippen LogP contribution in [0.4, 0.5) is 0 Å². The maximum atomic E-state index is 4.25. The van der Waals surface area contributed by atoms with Crippen LogP contribution in [0.3, 0.4) is 0 Å². The lowest BCUT2D eigenvalue weighted by Gasteiger charge is -2.14. The van der Waals surface area contributed by atoms with Gasteiger partial charge >= 0.3 is 0 Å². The van der Waals surface area contributed by atoms with E-state index >= 15 is 0 Å². The van der Waals surface area contributed by atoms with E-state index in [0.717, 1.165) is 5.92 Å². The molecule has 0 aromatic carbocycles. The van der Waals surface area contributed by atoms with Crippen LogP contribution in [0.15, 0.2) is 12.2 Å². The molecule has 0 bridgehead atoms. The summed E-state index contributed by atoms with van der Waals surface area (Å²) in [5, 5.41) is 0. The molecule has 96 valence electrons. The summed E-state index contributed by atoms with van der Waals surface area (Å²) in [7, 11) is 0. The Morgan fingerprint density at radius 1 is 0.875 bits per heavy atom. The predicted octanol–water partition coefficient (Wildman–Crippen LogP) is 6.12. The first-order valence-corrected chi connectivity index (χ1v) is 7.40. The average Bonchev–Trinajstić information content (AvgIpc) is 2.28. The molecule has 0 aliphatic heterocycles. The minimum absolute atomic E-state index is 0.748. The Balaban J connectivity index is 3.40. The molecule has 0 amide bonds.